The number of anilines is 2. The van der Waals surface area contributed by atoms with Crippen molar-refractivity contribution in [2.75, 3.05) is 5.32 Å². The highest BCUT2D eigenvalue weighted by Gasteiger charge is 2.10. The Kier molecular flexibility index (Phi) is 5.03. The predicted molar refractivity (Wildman–Crippen MR) is 129 cm³/mol. The Balaban J connectivity index is 1.25. The van der Waals surface area contributed by atoms with Gasteiger partial charge in [0, 0.05) is 30.3 Å². The second-order valence-corrected chi connectivity index (χ2v) is 8.10. The minimum atomic E-state index is 0.539. The van der Waals surface area contributed by atoms with Gasteiger partial charge in [0.05, 0.1) is 11.9 Å². The van der Waals surface area contributed by atoms with Gasteiger partial charge in [-0.05, 0) is 54.4 Å². The van der Waals surface area contributed by atoms with Gasteiger partial charge in [-0.25, -0.2) is 19.5 Å². The molecule has 0 amide bonds. The summed E-state index contributed by atoms with van der Waals surface area (Å²) in [4.78, 5) is 13.1. The van der Waals surface area contributed by atoms with Crippen LogP contribution in [0.2, 0.25) is 0 Å². The summed E-state index contributed by atoms with van der Waals surface area (Å²) in [5.41, 5.74) is 4.46. The third kappa shape index (κ3) is 4.24. The van der Waals surface area contributed by atoms with Crippen molar-refractivity contribution in [1.29, 1.82) is 0 Å². The average Bonchev–Trinajstić information content (AvgIpc) is 3.49. The highest BCUT2D eigenvalue weighted by Crippen LogP contribution is 2.30. The van der Waals surface area contributed by atoms with Crippen molar-refractivity contribution in [2.24, 2.45) is 0 Å². The van der Waals surface area contributed by atoms with Crippen LogP contribution in [0, 0.1) is 13.8 Å². The third-order valence-electron chi connectivity index (χ3n) is 5.54. The molecule has 0 fully saturated rings. The summed E-state index contributed by atoms with van der Waals surface area (Å²) >= 11 is 0. The summed E-state index contributed by atoms with van der Waals surface area (Å²) < 4.78 is 13.3. The van der Waals surface area contributed by atoms with E-state index in [4.69, 9.17) is 9.15 Å². The number of rotatable bonds is 6. The van der Waals surface area contributed by atoms with Crippen LogP contribution >= 0.6 is 0 Å². The summed E-state index contributed by atoms with van der Waals surface area (Å²) in [5.74, 6) is 3.28. The maximum absolute atomic E-state index is 6.08. The molecule has 10 nitrogen and oxygen atoms in total. The number of hydrogen-bond donors (Lipinski definition) is 1. The molecule has 0 spiro atoms. The maximum atomic E-state index is 6.08. The van der Waals surface area contributed by atoms with Gasteiger partial charge in [0.1, 0.15) is 30.0 Å². The van der Waals surface area contributed by atoms with E-state index >= 15 is 0 Å². The fourth-order valence-electron chi connectivity index (χ4n) is 3.86. The molecule has 0 aliphatic carbocycles. The molecule has 0 aliphatic heterocycles. The number of nitrogens with one attached hydrogen (secondary N) is 1. The van der Waals surface area contributed by atoms with E-state index in [1.54, 1.807) is 17.8 Å². The lowest BCUT2D eigenvalue weighted by Crippen LogP contribution is -1.98. The van der Waals surface area contributed by atoms with E-state index in [2.05, 4.69) is 35.6 Å². The Morgan fingerprint density at radius 1 is 0.943 bits per heavy atom. The quantitative estimate of drug-likeness (QED) is 0.371. The molecule has 1 N–H and O–H groups in total. The van der Waals surface area contributed by atoms with Crippen LogP contribution in [0.15, 0.2) is 71.8 Å². The number of aryl methyl sites for hydroxylation is 2. The molecular formula is C25H20N8O2. The number of ether oxygens (including phenoxy) is 1. The normalized spacial score (nSPS) is 11.3. The largest absolute Gasteiger partial charge is 0.457 e. The van der Waals surface area contributed by atoms with Gasteiger partial charge in [0.2, 0.25) is 11.8 Å². The molecule has 0 saturated carbocycles. The van der Waals surface area contributed by atoms with E-state index in [1.807, 2.05) is 61.7 Å². The molecule has 0 saturated heterocycles. The van der Waals surface area contributed by atoms with E-state index in [0.29, 0.717) is 29.8 Å². The molecule has 35 heavy (non-hydrogen) atoms. The summed E-state index contributed by atoms with van der Waals surface area (Å²) in [5, 5.41) is 16.4. The van der Waals surface area contributed by atoms with Crippen molar-refractivity contribution < 1.29 is 9.15 Å². The van der Waals surface area contributed by atoms with Crippen LogP contribution in [0.3, 0.4) is 0 Å². The first kappa shape index (κ1) is 20.7. The molecule has 4 aromatic heterocycles. The third-order valence-corrected chi connectivity index (χ3v) is 5.54. The molecule has 0 aliphatic rings. The second-order valence-electron chi connectivity index (χ2n) is 8.10. The Hall–Kier alpha value is -4.86. The second kappa shape index (κ2) is 8.49. The monoisotopic (exact) mass is 464 g/mol. The molecule has 172 valence electrons. The Bertz CT molecular complexity index is 1670. The fourth-order valence-corrected chi connectivity index (χ4v) is 3.86. The Morgan fingerprint density at radius 3 is 2.74 bits per heavy atom. The van der Waals surface area contributed by atoms with Gasteiger partial charge in [0.15, 0.2) is 5.65 Å². The van der Waals surface area contributed by atoms with Crippen LogP contribution in [-0.4, -0.2) is 34.8 Å². The van der Waals surface area contributed by atoms with E-state index in [1.165, 1.54) is 6.33 Å². The van der Waals surface area contributed by atoms with Crippen molar-refractivity contribution in [3.05, 3.63) is 90.3 Å². The summed E-state index contributed by atoms with van der Waals surface area (Å²) in [7, 11) is 0. The van der Waals surface area contributed by atoms with Crippen LogP contribution in [0.1, 0.15) is 22.9 Å². The summed E-state index contributed by atoms with van der Waals surface area (Å²) in [6.07, 6.45) is 5.42. The molecule has 4 heterocycles. The first-order chi connectivity index (χ1) is 17.1. The number of nitrogens with zero attached hydrogens (tertiary/aromatic N) is 7. The van der Waals surface area contributed by atoms with Crippen molar-refractivity contribution in [3.8, 4) is 11.5 Å². The molecule has 6 rings (SSSR count). The van der Waals surface area contributed by atoms with E-state index < -0.39 is 0 Å². The van der Waals surface area contributed by atoms with Gasteiger partial charge in [-0.15, -0.1) is 10.2 Å². The standard InChI is InChI=1S/C25H20N8O2/c1-15-9-18(4-6-22(15)35-19-7-8-33-23(12-19)27-14-29-33)30-25-20-10-17(3-5-21(20)26-13-28-25)11-24-32-31-16(2)34-24/h3-10,12-14H,11H2,1-2H3,(H,26,28,30). The highest BCUT2D eigenvalue weighted by molar-refractivity contribution is 5.91. The average molecular weight is 464 g/mol. The van der Waals surface area contributed by atoms with Crippen LogP contribution < -0.4 is 10.1 Å². The van der Waals surface area contributed by atoms with Crippen molar-refractivity contribution >= 4 is 28.1 Å². The van der Waals surface area contributed by atoms with Crippen LogP contribution in [0.4, 0.5) is 11.5 Å². The van der Waals surface area contributed by atoms with Crippen LogP contribution in [-0.2, 0) is 6.42 Å². The zero-order valence-corrected chi connectivity index (χ0v) is 19.0. The lowest BCUT2D eigenvalue weighted by Gasteiger charge is -2.13. The number of benzene rings is 2. The van der Waals surface area contributed by atoms with Crippen molar-refractivity contribution in [2.45, 2.75) is 20.3 Å². The van der Waals surface area contributed by atoms with E-state index in [-0.39, 0.29) is 0 Å². The summed E-state index contributed by atoms with van der Waals surface area (Å²) in [6, 6.07) is 15.6. The Labute approximate surface area is 199 Å². The molecule has 0 atom stereocenters. The van der Waals surface area contributed by atoms with Gasteiger partial charge in [-0.3, -0.25) is 0 Å². The lowest BCUT2D eigenvalue weighted by atomic mass is 10.1. The topological polar surface area (TPSA) is 116 Å². The first-order valence-electron chi connectivity index (χ1n) is 11.0. The van der Waals surface area contributed by atoms with Gasteiger partial charge >= 0.3 is 0 Å². The summed E-state index contributed by atoms with van der Waals surface area (Å²) in [6.45, 7) is 3.78. The zero-order chi connectivity index (χ0) is 23.8. The molecule has 10 heteroatoms. The van der Waals surface area contributed by atoms with Gasteiger partial charge in [-0.2, -0.15) is 5.10 Å². The lowest BCUT2D eigenvalue weighted by molar-refractivity contribution is 0.477. The van der Waals surface area contributed by atoms with E-state index in [0.717, 1.165) is 39.1 Å². The molecule has 6 aromatic rings. The minimum Gasteiger partial charge on any atom is -0.457 e. The van der Waals surface area contributed by atoms with Crippen LogP contribution in [0.5, 0.6) is 11.5 Å². The highest BCUT2D eigenvalue weighted by atomic mass is 16.5. The number of pyridine rings is 1. The van der Waals surface area contributed by atoms with Gasteiger partial charge in [-0.1, -0.05) is 6.07 Å². The molecular weight excluding hydrogens is 444 g/mol. The van der Waals surface area contributed by atoms with Gasteiger partial charge < -0.3 is 14.5 Å². The number of fused-ring (bicyclic) bond motifs is 2. The minimum absolute atomic E-state index is 0.539. The molecule has 0 bridgehead atoms. The van der Waals surface area contributed by atoms with Gasteiger partial charge in [0.25, 0.3) is 0 Å². The SMILES string of the molecule is Cc1nnc(Cc2ccc3ncnc(Nc4ccc(Oc5ccn6ncnc6c5)c(C)c4)c3c2)o1. The molecule has 0 radical (unpaired) electrons. The van der Waals surface area contributed by atoms with Crippen molar-refractivity contribution in [3.63, 3.8) is 0 Å². The fraction of sp³-hybridized carbons (Fsp3) is 0.120. The molecule has 0 unspecified atom stereocenters. The van der Waals surface area contributed by atoms with Crippen LogP contribution in [0.25, 0.3) is 16.6 Å². The number of hydrogen-bond acceptors (Lipinski definition) is 9. The zero-order valence-electron chi connectivity index (χ0n) is 19.0. The maximum Gasteiger partial charge on any atom is 0.220 e. The van der Waals surface area contributed by atoms with Crippen molar-refractivity contribution in [1.82, 2.24) is 34.8 Å². The number of aromatic nitrogens is 7. The first-order valence-corrected chi connectivity index (χ1v) is 11.0. The van der Waals surface area contributed by atoms with E-state index in [9.17, 15) is 0 Å². The predicted octanol–water partition coefficient (Wildman–Crippen LogP) is 4.80. The Morgan fingerprint density at radius 2 is 1.89 bits per heavy atom. The smallest absolute Gasteiger partial charge is 0.220 e. The molecule has 2 aromatic carbocycles.